The number of quaternary nitrogens is 1. The molecule has 1 N–H and O–H groups in total. The first kappa shape index (κ1) is 17.5. The standard InChI is InChI=1S/C17H29N3O/c1-6-11-19(12-7-2)16-10-8-9-15(13-16)18-17(21)14-20(3,4)5/h8-10,13H,6-7,11-12,14H2,1-5H3/p+1. The third kappa shape index (κ3) is 6.63. The zero-order valence-electron chi connectivity index (χ0n) is 14.1. The molecule has 0 aromatic heterocycles. The number of amides is 1. The van der Waals surface area contributed by atoms with Gasteiger partial charge in [-0.3, -0.25) is 4.79 Å². The van der Waals surface area contributed by atoms with Crippen molar-refractivity contribution >= 4 is 17.3 Å². The minimum atomic E-state index is 0.0529. The molecule has 1 rings (SSSR count). The van der Waals surface area contributed by atoms with Crippen LogP contribution in [0.3, 0.4) is 0 Å². The van der Waals surface area contributed by atoms with Gasteiger partial charge in [-0.25, -0.2) is 0 Å². The number of nitrogens with one attached hydrogen (secondary N) is 1. The van der Waals surface area contributed by atoms with Gasteiger partial charge in [-0.2, -0.15) is 0 Å². The summed E-state index contributed by atoms with van der Waals surface area (Å²) in [4.78, 5) is 14.4. The fourth-order valence-corrected chi connectivity index (χ4v) is 2.32. The van der Waals surface area contributed by atoms with Gasteiger partial charge in [0, 0.05) is 24.5 Å². The quantitative estimate of drug-likeness (QED) is 0.747. The van der Waals surface area contributed by atoms with Crippen molar-refractivity contribution in [1.29, 1.82) is 0 Å². The van der Waals surface area contributed by atoms with Crippen LogP contribution in [-0.2, 0) is 4.79 Å². The highest BCUT2D eigenvalue weighted by atomic mass is 16.2. The summed E-state index contributed by atoms with van der Waals surface area (Å²) in [6.07, 6.45) is 2.25. The molecule has 0 spiro atoms. The lowest BCUT2D eigenvalue weighted by molar-refractivity contribution is -0.861. The number of nitrogens with zero attached hydrogens (tertiary/aromatic N) is 2. The van der Waals surface area contributed by atoms with Crippen molar-refractivity contribution < 1.29 is 9.28 Å². The Morgan fingerprint density at radius 2 is 1.76 bits per heavy atom. The maximum atomic E-state index is 12.0. The molecule has 0 heterocycles. The molecule has 0 fully saturated rings. The van der Waals surface area contributed by atoms with Crippen molar-refractivity contribution in [3.63, 3.8) is 0 Å². The summed E-state index contributed by atoms with van der Waals surface area (Å²) in [6.45, 7) is 6.94. The van der Waals surface area contributed by atoms with Crippen molar-refractivity contribution in [2.24, 2.45) is 0 Å². The van der Waals surface area contributed by atoms with Crippen molar-refractivity contribution in [3.05, 3.63) is 24.3 Å². The second kappa shape index (κ2) is 8.03. The molecule has 1 amide bonds. The summed E-state index contributed by atoms with van der Waals surface area (Å²) in [5.41, 5.74) is 2.06. The molecule has 0 saturated heterocycles. The summed E-state index contributed by atoms with van der Waals surface area (Å²) in [5.74, 6) is 0.0529. The van der Waals surface area contributed by atoms with E-state index in [1.165, 1.54) is 5.69 Å². The molecule has 4 heteroatoms. The first-order valence-electron chi connectivity index (χ1n) is 7.81. The second-order valence-electron chi connectivity index (χ2n) is 6.53. The van der Waals surface area contributed by atoms with E-state index in [9.17, 15) is 4.79 Å². The fourth-order valence-electron chi connectivity index (χ4n) is 2.32. The molecule has 0 radical (unpaired) electrons. The van der Waals surface area contributed by atoms with Gasteiger partial charge in [0.15, 0.2) is 6.54 Å². The zero-order valence-corrected chi connectivity index (χ0v) is 14.1. The van der Waals surface area contributed by atoms with Gasteiger partial charge in [0.1, 0.15) is 0 Å². The molecule has 0 saturated carbocycles. The lowest BCUT2D eigenvalue weighted by atomic mass is 10.2. The van der Waals surface area contributed by atoms with Crippen LogP contribution in [0.25, 0.3) is 0 Å². The highest BCUT2D eigenvalue weighted by molar-refractivity contribution is 5.92. The first-order valence-corrected chi connectivity index (χ1v) is 7.81. The maximum Gasteiger partial charge on any atom is 0.279 e. The fraction of sp³-hybridized carbons (Fsp3) is 0.588. The maximum absolute atomic E-state index is 12.0. The van der Waals surface area contributed by atoms with Gasteiger partial charge in [-0.05, 0) is 31.0 Å². The van der Waals surface area contributed by atoms with Crippen molar-refractivity contribution in [1.82, 2.24) is 0 Å². The first-order chi connectivity index (χ1) is 9.85. The third-order valence-electron chi connectivity index (χ3n) is 3.10. The Balaban J connectivity index is 2.77. The minimum Gasteiger partial charge on any atom is -0.371 e. The molecule has 4 nitrogen and oxygen atoms in total. The van der Waals surface area contributed by atoms with Crippen LogP contribution >= 0.6 is 0 Å². The summed E-state index contributed by atoms with van der Waals surface area (Å²) < 4.78 is 0.628. The largest absolute Gasteiger partial charge is 0.371 e. The number of carbonyl (C=O) groups is 1. The number of anilines is 2. The van der Waals surface area contributed by atoms with Gasteiger partial charge < -0.3 is 14.7 Å². The lowest BCUT2D eigenvalue weighted by Crippen LogP contribution is -2.41. The molecule has 0 atom stereocenters. The van der Waals surface area contributed by atoms with E-state index in [2.05, 4.69) is 36.2 Å². The Labute approximate surface area is 129 Å². The summed E-state index contributed by atoms with van der Waals surface area (Å²) in [6, 6.07) is 8.14. The van der Waals surface area contributed by atoms with Crippen LogP contribution in [0.1, 0.15) is 26.7 Å². The van der Waals surface area contributed by atoms with E-state index < -0.39 is 0 Å². The number of hydrogen-bond acceptors (Lipinski definition) is 2. The average Bonchev–Trinajstić information content (AvgIpc) is 2.36. The molecule has 0 aliphatic rings. The molecule has 0 unspecified atom stereocenters. The van der Waals surface area contributed by atoms with Crippen LogP contribution in [0.5, 0.6) is 0 Å². The van der Waals surface area contributed by atoms with Gasteiger partial charge in [0.25, 0.3) is 5.91 Å². The topological polar surface area (TPSA) is 32.3 Å². The summed E-state index contributed by atoms with van der Waals surface area (Å²) in [5, 5.41) is 3.00. The van der Waals surface area contributed by atoms with E-state index in [0.29, 0.717) is 11.0 Å². The van der Waals surface area contributed by atoms with Crippen LogP contribution in [0.2, 0.25) is 0 Å². The molecular formula is C17H30N3O+. The monoisotopic (exact) mass is 292 g/mol. The van der Waals surface area contributed by atoms with E-state index in [4.69, 9.17) is 0 Å². The second-order valence-corrected chi connectivity index (χ2v) is 6.53. The van der Waals surface area contributed by atoms with Gasteiger partial charge in [-0.1, -0.05) is 19.9 Å². The van der Waals surface area contributed by atoms with E-state index >= 15 is 0 Å². The average molecular weight is 292 g/mol. The Morgan fingerprint density at radius 1 is 1.14 bits per heavy atom. The molecule has 118 valence electrons. The van der Waals surface area contributed by atoms with Gasteiger partial charge in [0.2, 0.25) is 0 Å². The Hall–Kier alpha value is -1.55. The number of hydrogen-bond donors (Lipinski definition) is 1. The van der Waals surface area contributed by atoms with E-state index in [0.717, 1.165) is 31.6 Å². The van der Waals surface area contributed by atoms with Gasteiger partial charge in [0.05, 0.1) is 21.1 Å². The van der Waals surface area contributed by atoms with E-state index in [-0.39, 0.29) is 5.91 Å². The highest BCUT2D eigenvalue weighted by Crippen LogP contribution is 2.20. The number of carbonyl (C=O) groups excluding carboxylic acids is 1. The summed E-state index contributed by atoms with van der Waals surface area (Å²) >= 11 is 0. The molecule has 0 bridgehead atoms. The Bertz CT molecular complexity index is 446. The number of likely N-dealkylation sites (N-methyl/N-ethyl adjacent to an activating group) is 1. The van der Waals surface area contributed by atoms with Crippen LogP contribution in [0, 0.1) is 0 Å². The predicted octanol–water partition coefficient (Wildman–Crippen LogP) is 2.96. The highest BCUT2D eigenvalue weighted by Gasteiger charge is 2.14. The number of benzene rings is 1. The van der Waals surface area contributed by atoms with Crippen LogP contribution in [0.15, 0.2) is 24.3 Å². The molecule has 1 aromatic rings. The van der Waals surface area contributed by atoms with Crippen LogP contribution in [-0.4, -0.2) is 51.2 Å². The Morgan fingerprint density at radius 3 is 2.29 bits per heavy atom. The van der Waals surface area contributed by atoms with Crippen molar-refractivity contribution in [2.75, 3.05) is 51.0 Å². The smallest absolute Gasteiger partial charge is 0.279 e. The predicted molar refractivity (Wildman–Crippen MR) is 90.8 cm³/mol. The molecule has 0 aliphatic carbocycles. The van der Waals surface area contributed by atoms with Crippen molar-refractivity contribution in [3.8, 4) is 0 Å². The molecule has 0 aliphatic heterocycles. The minimum absolute atomic E-state index is 0.0529. The van der Waals surface area contributed by atoms with Gasteiger partial charge >= 0.3 is 0 Å². The molecular weight excluding hydrogens is 262 g/mol. The number of rotatable bonds is 8. The third-order valence-corrected chi connectivity index (χ3v) is 3.10. The Kier molecular flexibility index (Phi) is 6.69. The SMILES string of the molecule is CCCN(CCC)c1cccc(NC(=O)C[N+](C)(C)C)c1. The molecule has 21 heavy (non-hydrogen) atoms. The summed E-state index contributed by atoms with van der Waals surface area (Å²) in [7, 11) is 6.04. The van der Waals surface area contributed by atoms with Gasteiger partial charge in [-0.15, -0.1) is 0 Å². The van der Waals surface area contributed by atoms with Crippen molar-refractivity contribution in [2.45, 2.75) is 26.7 Å². The van der Waals surface area contributed by atoms with Crippen LogP contribution in [0.4, 0.5) is 11.4 Å². The molecule has 1 aromatic carbocycles. The van der Waals surface area contributed by atoms with E-state index in [1.54, 1.807) is 0 Å². The zero-order chi connectivity index (χ0) is 15.9. The van der Waals surface area contributed by atoms with E-state index in [1.807, 2.05) is 33.3 Å². The lowest BCUT2D eigenvalue weighted by Gasteiger charge is -2.25. The van der Waals surface area contributed by atoms with Crippen LogP contribution < -0.4 is 10.2 Å². The normalized spacial score (nSPS) is 11.3.